The number of hydrogen-bond acceptors (Lipinski definition) is 5. The van der Waals surface area contributed by atoms with Crippen LogP contribution in [0, 0.1) is 5.82 Å². The summed E-state index contributed by atoms with van der Waals surface area (Å²) in [5.74, 6) is 0.794. The molecule has 0 aliphatic heterocycles. The zero-order valence-corrected chi connectivity index (χ0v) is 19.3. The number of methoxy groups -OCH3 is 1. The molecular formula is C22H28BrFN2O4. The minimum Gasteiger partial charge on any atom is -0.493 e. The molecule has 1 amide bonds. The molecule has 0 saturated carbocycles. The monoisotopic (exact) mass is 482 g/mol. The van der Waals surface area contributed by atoms with Crippen LogP contribution in [0.3, 0.4) is 0 Å². The van der Waals surface area contributed by atoms with Crippen LogP contribution in [0.2, 0.25) is 0 Å². The zero-order chi connectivity index (χ0) is 22.1. The van der Waals surface area contributed by atoms with Crippen molar-refractivity contribution >= 4 is 27.5 Å². The highest BCUT2D eigenvalue weighted by Gasteiger charge is 2.17. The van der Waals surface area contributed by atoms with E-state index in [0.29, 0.717) is 34.0 Å². The van der Waals surface area contributed by atoms with Gasteiger partial charge in [0.1, 0.15) is 18.2 Å². The standard InChI is InChI=1S/C22H28BrFN2O4/c1-5-26(6-2)11-12-29-21-14-17(8-10-20(21)28-4)25-22(27)15(3)30-19-9-7-16(24)13-18(19)23/h7-10,13-15H,5-6,11-12H2,1-4H3,(H,25,27). The first kappa shape index (κ1) is 24.0. The fourth-order valence-electron chi connectivity index (χ4n) is 2.75. The summed E-state index contributed by atoms with van der Waals surface area (Å²) in [4.78, 5) is 14.8. The molecule has 1 atom stereocenters. The summed E-state index contributed by atoms with van der Waals surface area (Å²) in [6.45, 7) is 9.04. The number of anilines is 1. The Balaban J connectivity index is 2.01. The first-order valence-electron chi connectivity index (χ1n) is 9.83. The lowest BCUT2D eigenvalue weighted by molar-refractivity contribution is -0.122. The fourth-order valence-corrected chi connectivity index (χ4v) is 3.19. The summed E-state index contributed by atoms with van der Waals surface area (Å²) in [5, 5.41) is 2.81. The Kier molecular flexibility index (Phi) is 9.39. The highest BCUT2D eigenvalue weighted by atomic mass is 79.9. The van der Waals surface area contributed by atoms with E-state index in [0.717, 1.165) is 19.6 Å². The normalized spacial score (nSPS) is 11.8. The van der Waals surface area contributed by atoms with E-state index < -0.39 is 11.9 Å². The van der Waals surface area contributed by atoms with E-state index >= 15 is 0 Å². The SMILES string of the molecule is CCN(CC)CCOc1cc(NC(=O)C(C)Oc2ccc(F)cc2Br)ccc1OC. The van der Waals surface area contributed by atoms with Gasteiger partial charge in [0.2, 0.25) is 0 Å². The molecule has 0 spiro atoms. The number of rotatable bonds is 11. The molecular weight excluding hydrogens is 455 g/mol. The van der Waals surface area contributed by atoms with E-state index in [4.69, 9.17) is 14.2 Å². The molecule has 0 saturated heterocycles. The average molecular weight is 483 g/mol. The molecule has 2 aromatic carbocycles. The summed E-state index contributed by atoms with van der Waals surface area (Å²) in [7, 11) is 1.57. The van der Waals surface area contributed by atoms with Gasteiger partial charge in [0.15, 0.2) is 17.6 Å². The maximum atomic E-state index is 13.2. The largest absolute Gasteiger partial charge is 0.493 e. The minimum absolute atomic E-state index is 0.342. The van der Waals surface area contributed by atoms with Crippen molar-refractivity contribution < 1.29 is 23.4 Å². The number of ether oxygens (including phenoxy) is 3. The molecule has 30 heavy (non-hydrogen) atoms. The average Bonchev–Trinajstić information content (AvgIpc) is 2.73. The Labute approximate surface area is 185 Å². The molecule has 2 aromatic rings. The number of likely N-dealkylation sites (N-methyl/N-ethyl adjacent to an activating group) is 1. The summed E-state index contributed by atoms with van der Waals surface area (Å²) < 4.78 is 30.5. The Bertz CT molecular complexity index is 846. The molecule has 2 rings (SSSR count). The zero-order valence-electron chi connectivity index (χ0n) is 17.7. The Morgan fingerprint density at radius 1 is 1.13 bits per heavy atom. The van der Waals surface area contributed by atoms with Crippen molar-refractivity contribution in [3.8, 4) is 17.2 Å². The van der Waals surface area contributed by atoms with Crippen molar-refractivity contribution in [2.45, 2.75) is 26.9 Å². The van der Waals surface area contributed by atoms with E-state index in [1.54, 1.807) is 32.2 Å². The Hall–Kier alpha value is -2.32. The van der Waals surface area contributed by atoms with E-state index in [1.807, 2.05) is 0 Å². The van der Waals surface area contributed by atoms with Crippen molar-refractivity contribution in [1.82, 2.24) is 4.90 Å². The molecule has 8 heteroatoms. The van der Waals surface area contributed by atoms with Gasteiger partial charge in [-0.1, -0.05) is 13.8 Å². The van der Waals surface area contributed by atoms with Gasteiger partial charge in [-0.15, -0.1) is 0 Å². The lowest BCUT2D eigenvalue weighted by Gasteiger charge is -2.19. The lowest BCUT2D eigenvalue weighted by Crippen LogP contribution is -2.30. The van der Waals surface area contributed by atoms with Crippen LogP contribution in [0.1, 0.15) is 20.8 Å². The number of amides is 1. The van der Waals surface area contributed by atoms with Gasteiger partial charge in [-0.3, -0.25) is 4.79 Å². The molecule has 0 bridgehead atoms. The molecule has 0 heterocycles. The van der Waals surface area contributed by atoms with Gasteiger partial charge >= 0.3 is 0 Å². The van der Waals surface area contributed by atoms with E-state index in [2.05, 4.69) is 40.0 Å². The second kappa shape index (κ2) is 11.8. The molecule has 0 aliphatic rings. The topological polar surface area (TPSA) is 60.0 Å². The van der Waals surface area contributed by atoms with Gasteiger partial charge in [-0.25, -0.2) is 4.39 Å². The molecule has 1 unspecified atom stereocenters. The van der Waals surface area contributed by atoms with Crippen molar-refractivity contribution in [1.29, 1.82) is 0 Å². The highest BCUT2D eigenvalue weighted by Crippen LogP contribution is 2.31. The summed E-state index contributed by atoms with van der Waals surface area (Å²) in [5.41, 5.74) is 0.562. The summed E-state index contributed by atoms with van der Waals surface area (Å²) >= 11 is 3.23. The molecule has 0 fully saturated rings. The number of halogens is 2. The van der Waals surface area contributed by atoms with Crippen molar-refractivity contribution in [3.05, 3.63) is 46.7 Å². The number of carbonyl (C=O) groups excluding carboxylic acids is 1. The maximum absolute atomic E-state index is 13.2. The van der Waals surface area contributed by atoms with Crippen LogP contribution in [0.25, 0.3) is 0 Å². The first-order valence-corrected chi connectivity index (χ1v) is 10.6. The smallest absolute Gasteiger partial charge is 0.265 e. The Morgan fingerprint density at radius 3 is 2.47 bits per heavy atom. The number of hydrogen-bond donors (Lipinski definition) is 1. The van der Waals surface area contributed by atoms with E-state index in [-0.39, 0.29) is 5.91 Å². The van der Waals surface area contributed by atoms with Crippen LogP contribution in [-0.4, -0.2) is 50.3 Å². The second-order valence-electron chi connectivity index (χ2n) is 6.57. The van der Waals surface area contributed by atoms with Crippen LogP contribution >= 0.6 is 15.9 Å². The second-order valence-corrected chi connectivity index (χ2v) is 7.42. The Morgan fingerprint density at radius 2 is 1.83 bits per heavy atom. The molecule has 0 aromatic heterocycles. The fraction of sp³-hybridized carbons (Fsp3) is 0.409. The van der Waals surface area contributed by atoms with Crippen molar-refractivity contribution in [2.75, 3.05) is 38.7 Å². The highest BCUT2D eigenvalue weighted by molar-refractivity contribution is 9.10. The molecule has 0 radical (unpaired) electrons. The molecule has 0 aliphatic carbocycles. The number of nitrogens with one attached hydrogen (secondary N) is 1. The van der Waals surface area contributed by atoms with Crippen LogP contribution < -0.4 is 19.5 Å². The van der Waals surface area contributed by atoms with Gasteiger partial charge in [-0.2, -0.15) is 0 Å². The van der Waals surface area contributed by atoms with Gasteiger partial charge in [0, 0.05) is 18.3 Å². The van der Waals surface area contributed by atoms with Crippen molar-refractivity contribution in [2.24, 2.45) is 0 Å². The van der Waals surface area contributed by atoms with Gasteiger partial charge < -0.3 is 24.4 Å². The third-order valence-corrected chi connectivity index (χ3v) is 5.18. The van der Waals surface area contributed by atoms with E-state index in [9.17, 15) is 9.18 Å². The predicted molar refractivity (Wildman–Crippen MR) is 119 cm³/mol. The number of nitrogens with zero attached hydrogens (tertiary/aromatic N) is 1. The van der Waals surface area contributed by atoms with E-state index in [1.165, 1.54) is 18.2 Å². The third kappa shape index (κ3) is 6.88. The summed E-state index contributed by atoms with van der Waals surface area (Å²) in [6.07, 6.45) is -0.791. The van der Waals surface area contributed by atoms with Gasteiger partial charge in [0.05, 0.1) is 11.6 Å². The predicted octanol–water partition coefficient (Wildman–Crippen LogP) is 4.72. The van der Waals surface area contributed by atoms with Crippen molar-refractivity contribution in [3.63, 3.8) is 0 Å². The molecule has 6 nitrogen and oxygen atoms in total. The summed E-state index contributed by atoms with van der Waals surface area (Å²) in [6, 6.07) is 9.22. The van der Waals surface area contributed by atoms with Crippen LogP contribution in [0.4, 0.5) is 10.1 Å². The first-order chi connectivity index (χ1) is 14.4. The van der Waals surface area contributed by atoms with Gasteiger partial charge in [-0.05, 0) is 66.3 Å². The number of benzene rings is 2. The third-order valence-electron chi connectivity index (χ3n) is 4.56. The quantitative estimate of drug-likeness (QED) is 0.501. The number of carbonyl (C=O) groups is 1. The minimum atomic E-state index is -0.791. The molecule has 164 valence electrons. The van der Waals surface area contributed by atoms with Crippen LogP contribution in [0.5, 0.6) is 17.2 Å². The van der Waals surface area contributed by atoms with Gasteiger partial charge in [0.25, 0.3) is 5.91 Å². The lowest BCUT2D eigenvalue weighted by atomic mass is 10.2. The van der Waals surface area contributed by atoms with Crippen LogP contribution in [-0.2, 0) is 4.79 Å². The molecule has 1 N–H and O–H groups in total. The van der Waals surface area contributed by atoms with Crippen LogP contribution in [0.15, 0.2) is 40.9 Å². The maximum Gasteiger partial charge on any atom is 0.265 e.